The smallest absolute Gasteiger partial charge is 0.224 e. The topological polar surface area (TPSA) is 50.4 Å². The fourth-order valence-corrected chi connectivity index (χ4v) is 2.21. The van der Waals surface area contributed by atoms with Crippen LogP contribution in [0.15, 0.2) is 30.3 Å². The standard InChI is InChI=1S/C15H22N2O2/c18-15(13-6-4-9-16-12-13)17-10-5-11-19-14-7-2-1-3-8-14/h1-3,7-8,13,16H,4-6,9-12H2,(H,17,18)/t13-/m0/s1. The van der Waals surface area contributed by atoms with Gasteiger partial charge in [0.05, 0.1) is 12.5 Å². The normalized spacial score (nSPS) is 18.8. The number of amides is 1. The molecule has 1 atom stereocenters. The monoisotopic (exact) mass is 262 g/mol. The minimum absolute atomic E-state index is 0.142. The zero-order valence-electron chi connectivity index (χ0n) is 11.2. The molecule has 0 aliphatic carbocycles. The number of hydrogen-bond acceptors (Lipinski definition) is 3. The lowest BCUT2D eigenvalue weighted by atomic mass is 9.99. The zero-order valence-corrected chi connectivity index (χ0v) is 11.2. The van der Waals surface area contributed by atoms with Gasteiger partial charge >= 0.3 is 0 Å². The van der Waals surface area contributed by atoms with E-state index in [1.165, 1.54) is 0 Å². The van der Waals surface area contributed by atoms with Crippen molar-refractivity contribution in [1.29, 1.82) is 0 Å². The molecule has 1 saturated heterocycles. The van der Waals surface area contributed by atoms with Gasteiger partial charge in [-0.1, -0.05) is 18.2 Å². The van der Waals surface area contributed by atoms with Crippen LogP contribution < -0.4 is 15.4 Å². The van der Waals surface area contributed by atoms with Crippen LogP contribution >= 0.6 is 0 Å². The van der Waals surface area contributed by atoms with Crippen molar-refractivity contribution in [3.8, 4) is 5.75 Å². The van der Waals surface area contributed by atoms with Gasteiger partial charge in [-0.3, -0.25) is 4.79 Å². The number of para-hydroxylation sites is 1. The highest BCUT2D eigenvalue weighted by Crippen LogP contribution is 2.10. The van der Waals surface area contributed by atoms with Crippen molar-refractivity contribution in [2.75, 3.05) is 26.2 Å². The number of carbonyl (C=O) groups excluding carboxylic acids is 1. The van der Waals surface area contributed by atoms with Gasteiger partial charge < -0.3 is 15.4 Å². The number of benzene rings is 1. The first-order valence-corrected chi connectivity index (χ1v) is 7.02. The predicted octanol–water partition coefficient (Wildman–Crippen LogP) is 1.57. The Balaban J connectivity index is 1.55. The molecule has 1 aromatic carbocycles. The Morgan fingerprint density at radius 2 is 2.21 bits per heavy atom. The molecule has 0 radical (unpaired) electrons. The van der Waals surface area contributed by atoms with Crippen molar-refractivity contribution in [1.82, 2.24) is 10.6 Å². The fourth-order valence-electron chi connectivity index (χ4n) is 2.21. The van der Waals surface area contributed by atoms with Gasteiger partial charge in [0.2, 0.25) is 5.91 Å². The molecule has 1 aliphatic heterocycles. The lowest BCUT2D eigenvalue weighted by molar-refractivity contribution is -0.125. The van der Waals surface area contributed by atoms with E-state index in [9.17, 15) is 4.79 Å². The zero-order chi connectivity index (χ0) is 13.3. The Hall–Kier alpha value is -1.55. The highest BCUT2D eigenvalue weighted by molar-refractivity contribution is 5.78. The second-order valence-electron chi connectivity index (χ2n) is 4.85. The number of hydrogen-bond donors (Lipinski definition) is 2. The Morgan fingerprint density at radius 3 is 2.95 bits per heavy atom. The largest absolute Gasteiger partial charge is 0.494 e. The Bertz CT molecular complexity index is 375. The van der Waals surface area contributed by atoms with E-state index < -0.39 is 0 Å². The van der Waals surface area contributed by atoms with Crippen molar-refractivity contribution in [2.45, 2.75) is 19.3 Å². The van der Waals surface area contributed by atoms with E-state index in [1.54, 1.807) is 0 Å². The number of rotatable bonds is 6. The molecule has 1 amide bonds. The summed E-state index contributed by atoms with van der Waals surface area (Å²) < 4.78 is 5.57. The lowest BCUT2D eigenvalue weighted by Crippen LogP contribution is -2.40. The van der Waals surface area contributed by atoms with Crippen LogP contribution in [0.25, 0.3) is 0 Å². The molecule has 0 unspecified atom stereocenters. The maximum atomic E-state index is 11.8. The average molecular weight is 262 g/mol. The molecule has 1 fully saturated rings. The molecule has 104 valence electrons. The summed E-state index contributed by atoms with van der Waals surface area (Å²) in [6.07, 6.45) is 2.93. The van der Waals surface area contributed by atoms with Gasteiger partial charge in [0.1, 0.15) is 5.75 Å². The number of piperidine rings is 1. The van der Waals surface area contributed by atoms with E-state index in [2.05, 4.69) is 10.6 Å². The van der Waals surface area contributed by atoms with Crippen LogP contribution in [0, 0.1) is 5.92 Å². The van der Waals surface area contributed by atoms with E-state index in [1.807, 2.05) is 30.3 Å². The summed E-state index contributed by atoms with van der Waals surface area (Å²) >= 11 is 0. The van der Waals surface area contributed by atoms with Crippen LogP contribution in [0.4, 0.5) is 0 Å². The Morgan fingerprint density at radius 1 is 1.37 bits per heavy atom. The van der Waals surface area contributed by atoms with Gasteiger partial charge in [-0.25, -0.2) is 0 Å². The predicted molar refractivity (Wildman–Crippen MR) is 75.2 cm³/mol. The molecular weight excluding hydrogens is 240 g/mol. The molecule has 1 aliphatic rings. The third-order valence-corrected chi connectivity index (χ3v) is 3.30. The SMILES string of the molecule is O=C(NCCCOc1ccccc1)[C@H]1CCCNC1. The second-order valence-corrected chi connectivity index (χ2v) is 4.85. The van der Waals surface area contributed by atoms with Crippen molar-refractivity contribution in [2.24, 2.45) is 5.92 Å². The van der Waals surface area contributed by atoms with Gasteiger partial charge in [0.25, 0.3) is 0 Å². The summed E-state index contributed by atoms with van der Waals surface area (Å²) in [5.41, 5.74) is 0. The summed E-state index contributed by atoms with van der Waals surface area (Å²) in [6.45, 7) is 3.16. The van der Waals surface area contributed by atoms with Crippen LogP contribution in [-0.2, 0) is 4.79 Å². The van der Waals surface area contributed by atoms with Crippen molar-refractivity contribution >= 4 is 5.91 Å². The molecule has 4 heteroatoms. The summed E-state index contributed by atoms with van der Waals surface area (Å²) in [7, 11) is 0. The van der Waals surface area contributed by atoms with Crippen LogP contribution in [0.5, 0.6) is 5.75 Å². The maximum absolute atomic E-state index is 11.8. The van der Waals surface area contributed by atoms with E-state index in [-0.39, 0.29) is 11.8 Å². The number of ether oxygens (including phenoxy) is 1. The highest BCUT2D eigenvalue weighted by Gasteiger charge is 2.19. The average Bonchev–Trinajstić information content (AvgIpc) is 2.49. The van der Waals surface area contributed by atoms with Crippen molar-refractivity contribution in [3.05, 3.63) is 30.3 Å². The van der Waals surface area contributed by atoms with Crippen LogP contribution in [0.3, 0.4) is 0 Å². The van der Waals surface area contributed by atoms with Gasteiger partial charge in [0, 0.05) is 13.1 Å². The van der Waals surface area contributed by atoms with Gasteiger partial charge in [-0.2, -0.15) is 0 Å². The Labute approximate surface area is 114 Å². The molecule has 0 bridgehead atoms. The molecule has 0 aromatic heterocycles. The summed E-state index contributed by atoms with van der Waals surface area (Å²) in [6, 6.07) is 9.74. The molecule has 2 rings (SSSR count). The third kappa shape index (κ3) is 4.91. The van der Waals surface area contributed by atoms with E-state index in [0.29, 0.717) is 13.2 Å². The number of nitrogens with one attached hydrogen (secondary N) is 2. The summed E-state index contributed by atoms with van der Waals surface area (Å²) in [4.78, 5) is 11.8. The number of carbonyl (C=O) groups is 1. The van der Waals surface area contributed by atoms with E-state index in [0.717, 1.165) is 38.1 Å². The maximum Gasteiger partial charge on any atom is 0.224 e. The van der Waals surface area contributed by atoms with Crippen molar-refractivity contribution in [3.63, 3.8) is 0 Å². The molecule has 2 N–H and O–H groups in total. The molecule has 4 nitrogen and oxygen atoms in total. The highest BCUT2D eigenvalue weighted by atomic mass is 16.5. The fraction of sp³-hybridized carbons (Fsp3) is 0.533. The summed E-state index contributed by atoms with van der Waals surface area (Å²) in [5, 5.41) is 6.23. The second kappa shape index (κ2) is 7.79. The minimum atomic E-state index is 0.142. The first-order valence-electron chi connectivity index (χ1n) is 7.02. The first kappa shape index (κ1) is 13.9. The lowest BCUT2D eigenvalue weighted by Gasteiger charge is -2.21. The van der Waals surface area contributed by atoms with E-state index >= 15 is 0 Å². The summed E-state index contributed by atoms with van der Waals surface area (Å²) in [5.74, 6) is 1.20. The molecule has 1 heterocycles. The quantitative estimate of drug-likeness (QED) is 0.765. The molecule has 1 aromatic rings. The molecule has 0 saturated carbocycles. The van der Waals surface area contributed by atoms with Crippen LogP contribution in [0.2, 0.25) is 0 Å². The Kier molecular flexibility index (Phi) is 5.69. The van der Waals surface area contributed by atoms with Crippen LogP contribution in [-0.4, -0.2) is 32.1 Å². The third-order valence-electron chi connectivity index (χ3n) is 3.30. The minimum Gasteiger partial charge on any atom is -0.494 e. The van der Waals surface area contributed by atoms with Crippen molar-refractivity contribution < 1.29 is 9.53 Å². The first-order chi connectivity index (χ1) is 9.36. The van der Waals surface area contributed by atoms with Gasteiger partial charge in [-0.05, 0) is 37.9 Å². The molecule has 19 heavy (non-hydrogen) atoms. The van der Waals surface area contributed by atoms with Crippen LogP contribution in [0.1, 0.15) is 19.3 Å². The van der Waals surface area contributed by atoms with E-state index in [4.69, 9.17) is 4.74 Å². The molecular formula is C15H22N2O2. The molecule has 0 spiro atoms. The van der Waals surface area contributed by atoms with Gasteiger partial charge in [-0.15, -0.1) is 0 Å². The van der Waals surface area contributed by atoms with Gasteiger partial charge in [0.15, 0.2) is 0 Å².